The number of nitrogens with one attached hydrogen (secondary N) is 1. The van der Waals surface area contributed by atoms with Gasteiger partial charge in [-0.3, -0.25) is 9.51 Å². The van der Waals surface area contributed by atoms with Gasteiger partial charge in [-0.05, 0) is 31.0 Å². The smallest absolute Gasteiger partial charge is 0.423 e. The van der Waals surface area contributed by atoms with Crippen LogP contribution in [0, 0.1) is 13.8 Å². The van der Waals surface area contributed by atoms with E-state index in [0.29, 0.717) is 18.4 Å². The zero-order chi connectivity index (χ0) is 14.3. The number of aromatic amines is 1. The van der Waals surface area contributed by atoms with Crippen LogP contribution in [-0.4, -0.2) is 22.2 Å². The van der Waals surface area contributed by atoms with Gasteiger partial charge in [0.05, 0.1) is 6.54 Å². The number of fused-ring (bicyclic) bond motifs is 1. The first-order valence-electron chi connectivity index (χ1n) is 6.17. The number of benzene rings is 1. The molecule has 0 saturated carbocycles. The highest BCUT2D eigenvalue weighted by molar-refractivity contribution is 5.78. The van der Waals surface area contributed by atoms with Gasteiger partial charge in [-0.1, -0.05) is 11.2 Å². The standard InChI is InChI=1S/C13H14N4O3/c1-7-4-8(2)11-9(5-7)14-12(19-11)17(3)6-10-15-13(18)20-16-10/h4-5H,6H2,1-3H3,(H,15,16,18). The van der Waals surface area contributed by atoms with Gasteiger partial charge in [-0.15, -0.1) is 0 Å². The van der Waals surface area contributed by atoms with Crippen molar-refractivity contribution in [1.82, 2.24) is 15.1 Å². The molecule has 7 heteroatoms. The van der Waals surface area contributed by atoms with Crippen molar-refractivity contribution < 1.29 is 8.94 Å². The number of nitrogens with zero attached hydrogens (tertiary/aromatic N) is 3. The lowest BCUT2D eigenvalue weighted by molar-refractivity contribution is 0.380. The molecule has 0 saturated heterocycles. The number of anilines is 1. The molecule has 0 unspecified atom stereocenters. The first kappa shape index (κ1) is 12.5. The molecule has 20 heavy (non-hydrogen) atoms. The molecule has 2 heterocycles. The molecule has 104 valence electrons. The Hall–Kier alpha value is -2.57. The summed E-state index contributed by atoms with van der Waals surface area (Å²) in [6.45, 7) is 4.35. The Morgan fingerprint density at radius 3 is 2.85 bits per heavy atom. The summed E-state index contributed by atoms with van der Waals surface area (Å²) in [7, 11) is 1.81. The maximum absolute atomic E-state index is 10.9. The van der Waals surface area contributed by atoms with E-state index < -0.39 is 5.76 Å². The van der Waals surface area contributed by atoms with E-state index in [9.17, 15) is 4.79 Å². The largest absolute Gasteiger partial charge is 0.438 e. The zero-order valence-corrected chi connectivity index (χ0v) is 11.4. The highest BCUT2D eigenvalue weighted by Crippen LogP contribution is 2.25. The molecular weight excluding hydrogens is 260 g/mol. The summed E-state index contributed by atoms with van der Waals surface area (Å²) < 4.78 is 10.2. The molecule has 0 spiro atoms. The molecular formula is C13H14N4O3. The number of hydrogen-bond donors (Lipinski definition) is 1. The second-order valence-corrected chi connectivity index (χ2v) is 4.82. The van der Waals surface area contributed by atoms with Crippen molar-refractivity contribution in [3.05, 3.63) is 39.6 Å². The van der Waals surface area contributed by atoms with Gasteiger partial charge in [0.15, 0.2) is 11.4 Å². The molecule has 1 N–H and O–H groups in total. The van der Waals surface area contributed by atoms with Crippen molar-refractivity contribution in [1.29, 1.82) is 0 Å². The van der Waals surface area contributed by atoms with Gasteiger partial charge in [0, 0.05) is 7.05 Å². The van der Waals surface area contributed by atoms with Crippen LogP contribution in [0.4, 0.5) is 6.01 Å². The van der Waals surface area contributed by atoms with Gasteiger partial charge in [0.1, 0.15) is 5.52 Å². The molecule has 0 amide bonds. The van der Waals surface area contributed by atoms with E-state index in [0.717, 1.165) is 22.2 Å². The second-order valence-electron chi connectivity index (χ2n) is 4.82. The second kappa shape index (κ2) is 4.52. The third-order valence-electron chi connectivity index (χ3n) is 3.01. The maximum Gasteiger partial charge on any atom is 0.438 e. The number of aryl methyl sites for hydroxylation is 2. The predicted octanol–water partition coefficient (Wildman–Crippen LogP) is 1.76. The van der Waals surface area contributed by atoms with Gasteiger partial charge in [0.25, 0.3) is 6.01 Å². The third kappa shape index (κ3) is 2.18. The van der Waals surface area contributed by atoms with Crippen LogP contribution in [0.3, 0.4) is 0 Å². The molecule has 0 radical (unpaired) electrons. The van der Waals surface area contributed by atoms with E-state index in [-0.39, 0.29) is 0 Å². The molecule has 3 rings (SSSR count). The number of H-pyrrole nitrogens is 1. The fourth-order valence-corrected chi connectivity index (χ4v) is 2.15. The lowest BCUT2D eigenvalue weighted by atomic mass is 10.1. The van der Waals surface area contributed by atoms with Crippen LogP contribution in [0.2, 0.25) is 0 Å². The minimum absolute atomic E-state index is 0.344. The highest BCUT2D eigenvalue weighted by atomic mass is 16.5. The van der Waals surface area contributed by atoms with Crippen molar-refractivity contribution in [2.24, 2.45) is 0 Å². The summed E-state index contributed by atoms with van der Waals surface area (Å²) in [6, 6.07) is 4.49. The number of hydrogen-bond acceptors (Lipinski definition) is 6. The Bertz CT molecular complexity index is 814. The Labute approximate surface area is 114 Å². The summed E-state index contributed by atoms with van der Waals surface area (Å²) in [5, 5.41) is 3.61. The molecule has 2 aromatic heterocycles. The van der Waals surface area contributed by atoms with Gasteiger partial charge in [-0.2, -0.15) is 4.98 Å². The Morgan fingerprint density at radius 2 is 2.15 bits per heavy atom. The monoisotopic (exact) mass is 274 g/mol. The molecule has 7 nitrogen and oxygen atoms in total. The van der Waals surface area contributed by atoms with Crippen LogP contribution >= 0.6 is 0 Å². The molecule has 0 aliphatic heterocycles. The van der Waals surface area contributed by atoms with Crippen LogP contribution in [0.25, 0.3) is 11.1 Å². The summed E-state index contributed by atoms with van der Waals surface area (Å²) in [5.74, 6) is -0.148. The molecule has 0 bridgehead atoms. The fraction of sp³-hybridized carbons (Fsp3) is 0.308. The number of oxazole rings is 1. The van der Waals surface area contributed by atoms with E-state index in [1.54, 1.807) is 11.9 Å². The summed E-state index contributed by atoms with van der Waals surface area (Å²) in [4.78, 5) is 19.6. The summed E-state index contributed by atoms with van der Waals surface area (Å²) >= 11 is 0. The van der Waals surface area contributed by atoms with Crippen molar-refractivity contribution in [2.45, 2.75) is 20.4 Å². The van der Waals surface area contributed by atoms with Crippen molar-refractivity contribution in [2.75, 3.05) is 11.9 Å². The molecule has 0 fully saturated rings. The Morgan fingerprint density at radius 1 is 1.35 bits per heavy atom. The van der Waals surface area contributed by atoms with Gasteiger partial charge in [0.2, 0.25) is 0 Å². The van der Waals surface area contributed by atoms with Crippen LogP contribution in [0.15, 0.2) is 25.9 Å². The average molecular weight is 274 g/mol. The van der Waals surface area contributed by atoms with E-state index in [1.807, 2.05) is 26.0 Å². The lowest BCUT2D eigenvalue weighted by Gasteiger charge is -2.10. The maximum atomic E-state index is 10.9. The van der Waals surface area contributed by atoms with Crippen LogP contribution in [0.1, 0.15) is 17.0 Å². The molecule has 0 atom stereocenters. The minimum Gasteiger partial charge on any atom is -0.423 e. The molecule has 0 aliphatic rings. The predicted molar refractivity (Wildman–Crippen MR) is 72.7 cm³/mol. The fourth-order valence-electron chi connectivity index (χ4n) is 2.15. The lowest BCUT2D eigenvalue weighted by Crippen LogP contribution is -2.18. The quantitative estimate of drug-likeness (QED) is 0.782. The summed E-state index contributed by atoms with van der Waals surface area (Å²) in [5.41, 5.74) is 3.77. The molecule has 1 aromatic carbocycles. The Balaban J connectivity index is 1.93. The van der Waals surface area contributed by atoms with Gasteiger partial charge >= 0.3 is 5.76 Å². The first-order valence-corrected chi connectivity index (χ1v) is 6.17. The van der Waals surface area contributed by atoms with E-state index in [4.69, 9.17) is 4.42 Å². The normalized spacial score (nSPS) is 11.2. The van der Waals surface area contributed by atoms with Crippen LogP contribution in [0.5, 0.6) is 0 Å². The van der Waals surface area contributed by atoms with E-state index in [2.05, 4.69) is 19.6 Å². The first-order chi connectivity index (χ1) is 9.52. The van der Waals surface area contributed by atoms with Crippen LogP contribution < -0.4 is 10.7 Å². The van der Waals surface area contributed by atoms with Crippen LogP contribution in [-0.2, 0) is 6.54 Å². The van der Waals surface area contributed by atoms with Crippen molar-refractivity contribution in [3.8, 4) is 0 Å². The molecule has 3 aromatic rings. The van der Waals surface area contributed by atoms with Crippen molar-refractivity contribution >= 4 is 17.1 Å². The van der Waals surface area contributed by atoms with Crippen molar-refractivity contribution in [3.63, 3.8) is 0 Å². The van der Waals surface area contributed by atoms with Gasteiger partial charge in [-0.25, -0.2) is 4.79 Å². The molecule has 0 aliphatic carbocycles. The van der Waals surface area contributed by atoms with Gasteiger partial charge < -0.3 is 9.32 Å². The number of rotatable bonds is 3. The SMILES string of the molecule is Cc1cc(C)c2oc(N(C)Cc3noc(=O)[nH]3)nc2c1. The number of aromatic nitrogens is 3. The highest BCUT2D eigenvalue weighted by Gasteiger charge is 2.14. The zero-order valence-electron chi connectivity index (χ0n) is 11.4. The topological polar surface area (TPSA) is 88.2 Å². The van der Waals surface area contributed by atoms with E-state index >= 15 is 0 Å². The minimum atomic E-state index is -0.572. The Kier molecular flexibility index (Phi) is 2.81. The summed E-state index contributed by atoms with van der Waals surface area (Å²) in [6.07, 6.45) is 0. The van der Waals surface area contributed by atoms with E-state index in [1.165, 1.54) is 0 Å². The average Bonchev–Trinajstić information content (AvgIpc) is 2.95. The third-order valence-corrected chi connectivity index (χ3v) is 3.01.